The molecule has 0 spiro atoms. The number of ether oxygens (including phenoxy) is 1. The van der Waals surface area contributed by atoms with Gasteiger partial charge in [0.2, 0.25) is 0 Å². The normalized spacial score (nSPS) is 17.7. The van der Waals surface area contributed by atoms with Crippen LogP contribution in [0.15, 0.2) is 79.4 Å². The highest BCUT2D eigenvalue weighted by Crippen LogP contribution is 2.32. The van der Waals surface area contributed by atoms with E-state index in [1.165, 1.54) is 60.8 Å². The Morgan fingerprint density at radius 3 is 1.97 bits per heavy atom. The number of allylic oxidation sites excluding steroid dienone is 1. The maximum absolute atomic E-state index is 14.4. The fraction of sp³-hybridized carbons (Fsp3) is 0.412. The third kappa shape index (κ3) is 7.64. The molecule has 0 atom stereocenters. The van der Waals surface area contributed by atoms with Crippen molar-refractivity contribution in [3.63, 3.8) is 0 Å². The third-order valence-electron chi connectivity index (χ3n) is 7.73. The van der Waals surface area contributed by atoms with Crippen molar-refractivity contribution in [2.45, 2.75) is 71.3 Å². The fourth-order valence-corrected chi connectivity index (χ4v) is 5.29. The highest BCUT2D eigenvalue weighted by atomic mass is 19.1. The van der Waals surface area contributed by atoms with E-state index < -0.39 is 0 Å². The Hall–Kier alpha value is -2.71. The number of rotatable bonds is 12. The first-order chi connectivity index (χ1) is 17.6. The van der Waals surface area contributed by atoms with Gasteiger partial charge in [0.05, 0.1) is 6.61 Å². The molecule has 0 aliphatic heterocycles. The smallest absolute Gasteiger partial charge is 0.128 e. The summed E-state index contributed by atoms with van der Waals surface area (Å²) >= 11 is 0. The van der Waals surface area contributed by atoms with Crippen molar-refractivity contribution in [1.29, 1.82) is 0 Å². The standard InChI is InChI=1S/C34H41FO/c1-3-23-36-25-33-22-17-30(24-34(33)35)12-11-29-15-20-32(21-16-29)31-18-13-28(14-19-31)10-9-27-7-5-26(4-2)6-8-27/h4,13-22,24,26-27H,2-3,5-12,23,25H2,1H3/t26-,27-. The summed E-state index contributed by atoms with van der Waals surface area (Å²) in [4.78, 5) is 0. The summed E-state index contributed by atoms with van der Waals surface area (Å²) in [5, 5.41) is 0. The number of hydrogen-bond acceptors (Lipinski definition) is 1. The summed E-state index contributed by atoms with van der Waals surface area (Å²) in [6.45, 7) is 7.03. The van der Waals surface area contributed by atoms with Gasteiger partial charge in [-0.3, -0.25) is 0 Å². The molecule has 1 saturated carbocycles. The topological polar surface area (TPSA) is 9.23 Å². The van der Waals surface area contributed by atoms with E-state index in [9.17, 15) is 4.39 Å². The average Bonchev–Trinajstić information content (AvgIpc) is 2.93. The molecule has 0 heterocycles. The molecule has 1 fully saturated rings. The molecule has 1 aliphatic carbocycles. The molecule has 1 aliphatic rings. The van der Waals surface area contributed by atoms with Gasteiger partial charge in [0.1, 0.15) is 5.82 Å². The van der Waals surface area contributed by atoms with Crippen LogP contribution in [0.2, 0.25) is 0 Å². The van der Waals surface area contributed by atoms with Crippen LogP contribution in [-0.4, -0.2) is 6.61 Å². The molecule has 2 heteroatoms. The second-order valence-corrected chi connectivity index (χ2v) is 10.4. The first kappa shape index (κ1) is 26.4. The molecule has 0 radical (unpaired) electrons. The van der Waals surface area contributed by atoms with Crippen LogP contribution in [0.5, 0.6) is 0 Å². The van der Waals surface area contributed by atoms with Gasteiger partial charge in [-0.25, -0.2) is 4.39 Å². The Morgan fingerprint density at radius 2 is 1.39 bits per heavy atom. The van der Waals surface area contributed by atoms with Crippen LogP contribution in [0.25, 0.3) is 11.1 Å². The van der Waals surface area contributed by atoms with Gasteiger partial charge < -0.3 is 4.74 Å². The Balaban J connectivity index is 1.25. The van der Waals surface area contributed by atoms with Crippen molar-refractivity contribution in [3.05, 3.63) is 107 Å². The molecule has 3 aromatic carbocycles. The van der Waals surface area contributed by atoms with Gasteiger partial charge >= 0.3 is 0 Å². The van der Waals surface area contributed by atoms with Crippen LogP contribution < -0.4 is 0 Å². The minimum absolute atomic E-state index is 0.164. The quantitative estimate of drug-likeness (QED) is 0.184. The minimum Gasteiger partial charge on any atom is -0.377 e. The van der Waals surface area contributed by atoms with E-state index in [2.05, 4.69) is 68.1 Å². The molecule has 4 rings (SSSR count). The average molecular weight is 485 g/mol. The largest absolute Gasteiger partial charge is 0.377 e. The molecule has 0 N–H and O–H groups in total. The summed E-state index contributed by atoms with van der Waals surface area (Å²) < 4.78 is 19.8. The molecule has 0 saturated heterocycles. The number of benzene rings is 3. The summed E-state index contributed by atoms with van der Waals surface area (Å²) in [6.07, 6.45) is 12.7. The molecule has 36 heavy (non-hydrogen) atoms. The van der Waals surface area contributed by atoms with Crippen LogP contribution in [0, 0.1) is 17.7 Å². The van der Waals surface area contributed by atoms with Gasteiger partial charge in [-0.2, -0.15) is 0 Å². The Labute approximate surface area is 217 Å². The predicted molar refractivity (Wildman–Crippen MR) is 150 cm³/mol. The predicted octanol–water partition coefficient (Wildman–Crippen LogP) is 9.13. The zero-order valence-electron chi connectivity index (χ0n) is 21.9. The van der Waals surface area contributed by atoms with E-state index in [1.54, 1.807) is 6.07 Å². The van der Waals surface area contributed by atoms with Gasteiger partial charge in [0.25, 0.3) is 0 Å². The monoisotopic (exact) mass is 484 g/mol. The Morgan fingerprint density at radius 1 is 0.806 bits per heavy atom. The summed E-state index contributed by atoms with van der Waals surface area (Å²) in [6, 6.07) is 23.5. The first-order valence-corrected chi connectivity index (χ1v) is 13.8. The Kier molecular flexibility index (Phi) is 9.93. The molecule has 3 aromatic rings. The summed E-state index contributed by atoms with van der Waals surface area (Å²) in [5.74, 6) is 1.46. The zero-order chi connectivity index (χ0) is 25.2. The molecule has 1 nitrogen and oxygen atoms in total. The van der Waals surface area contributed by atoms with E-state index >= 15 is 0 Å². The van der Waals surface area contributed by atoms with Crippen LogP contribution >= 0.6 is 0 Å². The van der Waals surface area contributed by atoms with E-state index in [1.807, 2.05) is 12.1 Å². The lowest BCUT2D eigenvalue weighted by atomic mass is 9.79. The Bertz CT molecular complexity index is 1080. The maximum Gasteiger partial charge on any atom is 0.128 e. The molecule has 0 aromatic heterocycles. The number of halogens is 1. The lowest BCUT2D eigenvalue weighted by Crippen LogP contribution is -2.13. The maximum atomic E-state index is 14.4. The van der Waals surface area contributed by atoms with E-state index in [4.69, 9.17) is 4.74 Å². The van der Waals surface area contributed by atoms with Gasteiger partial charge in [0.15, 0.2) is 0 Å². The van der Waals surface area contributed by atoms with Crippen molar-refractivity contribution in [2.24, 2.45) is 11.8 Å². The lowest BCUT2D eigenvalue weighted by molar-refractivity contribution is 0.119. The third-order valence-corrected chi connectivity index (χ3v) is 7.73. The zero-order valence-corrected chi connectivity index (χ0v) is 21.9. The second kappa shape index (κ2) is 13.6. The summed E-state index contributed by atoms with van der Waals surface area (Å²) in [7, 11) is 0. The molecular weight excluding hydrogens is 443 g/mol. The second-order valence-electron chi connectivity index (χ2n) is 10.4. The van der Waals surface area contributed by atoms with Crippen LogP contribution in [0.4, 0.5) is 4.39 Å². The van der Waals surface area contributed by atoms with Crippen molar-refractivity contribution in [3.8, 4) is 11.1 Å². The van der Waals surface area contributed by atoms with Gasteiger partial charge in [-0.1, -0.05) is 73.7 Å². The molecule has 0 amide bonds. The summed E-state index contributed by atoms with van der Waals surface area (Å²) in [5.41, 5.74) is 6.89. The molecular formula is C34H41FO. The van der Waals surface area contributed by atoms with E-state index in [0.29, 0.717) is 18.8 Å². The highest BCUT2D eigenvalue weighted by molar-refractivity contribution is 5.64. The van der Waals surface area contributed by atoms with Crippen molar-refractivity contribution >= 4 is 0 Å². The van der Waals surface area contributed by atoms with E-state index in [0.717, 1.165) is 36.7 Å². The SMILES string of the molecule is C=C[C@H]1CC[C@H](CCc2ccc(-c3ccc(CCc4ccc(COCCC)c(F)c4)cc3)cc2)CC1. The van der Waals surface area contributed by atoms with Crippen LogP contribution in [-0.2, 0) is 30.6 Å². The molecule has 0 unspecified atom stereocenters. The molecule has 0 bridgehead atoms. The lowest BCUT2D eigenvalue weighted by Gasteiger charge is -2.26. The van der Waals surface area contributed by atoms with Crippen molar-refractivity contribution in [1.82, 2.24) is 0 Å². The van der Waals surface area contributed by atoms with E-state index in [-0.39, 0.29) is 5.82 Å². The minimum atomic E-state index is -0.164. The first-order valence-electron chi connectivity index (χ1n) is 13.8. The molecule has 190 valence electrons. The number of aryl methyl sites for hydroxylation is 3. The number of hydrogen-bond donors (Lipinski definition) is 0. The van der Waals surface area contributed by atoms with Gasteiger partial charge in [-0.05, 0) is 104 Å². The van der Waals surface area contributed by atoms with Crippen molar-refractivity contribution in [2.75, 3.05) is 6.61 Å². The van der Waals surface area contributed by atoms with Crippen LogP contribution in [0.1, 0.15) is 67.7 Å². The van der Waals surface area contributed by atoms with Crippen LogP contribution in [0.3, 0.4) is 0 Å². The fourth-order valence-electron chi connectivity index (χ4n) is 5.29. The van der Waals surface area contributed by atoms with Crippen molar-refractivity contribution < 1.29 is 9.13 Å². The van der Waals surface area contributed by atoms with Gasteiger partial charge in [-0.15, -0.1) is 6.58 Å². The highest BCUT2D eigenvalue weighted by Gasteiger charge is 2.18. The van der Waals surface area contributed by atoms with Gasteiger partial charge in [0, 0.05) is 12.2 Å².